The molecule has 0 bridgehead atoms. The molecular weight excluding hydrogens is 286 g/mol. The minimum Gasteiger partial charge on any atom is -0.356 e. The Kier molecular flexibility index (Phi) is 11.1. The third-order valence-electron chi connectivity index (χ3n) is 4.65. The highest BCUT2D eigenvalue weighted by Crippen LogP contribution is 2.05. The third-order valence-corrected chi connectivity index (χ3v) is 4.65. The van der Waals surface area contributed by atoms with E-state index in [9.17, 15) is 0 Å². The first kappa shape index (κ1) is 20.2. The molecule has 1 aliphatic heterocycles. The largest absolute Gasteiger partial charge is 0.356 e. The van der Waals surface area contributed by atoms with Gasteiger partial charge in [0.15, 0.2) is 5.96 Å². The summed E-state index contributed by atoms with van der Waals surface area (Å²) < 4.78 is 0. The maximum Gasteiger partial charge on any atom is 0.190 e. The minimum absolute atomic E-state index is 0.641. The minimum atomic E-state index is 0.641. The van der Waals surface area contributed by atoms with E-state index in [1.807, 2.05) is 7.05 Å². The Morgan fingerprint density at radius 3 is 2.30 bits per heavy atom. The first-order valence-electron chi connectivity index (χ1n) is 9.58. The van der Waals surface area contributed by atoms with Gasteiger partial charge in [0.2, 0.25) is 0 Å². The SMILES string of the molecule is CCCCCCNC(=NC)NCC(C)CN1CCN(CC)CC1. The van der Waals surface area contributed by atoms with E-state index in [1.165, 1.54) is 65.0 Å². The standard InChI is InChI=1S/C18H39N5/c1-5-7-8-9-10-20-18(19-4)21-15-17(3)16-23-13-11-22(6-2)12-14-23/h17H,5-16H2,1-4H3,(H2,19,20,21). The lowest BCUT2D eigenvalue weighted by atomic mass is 10.1. The molecular formula is C18H39N5. The average molecular weight is 326 g/mol. The second-order valence-electron chi connectivity index (χ2n) is 6.78. The molecule has 136 valence electrons. The van der Waals surface area contributed by atoms with Gasteiger partial charge in [0.25, 0.3) is 0 Å². The van der Waals surface area contributed by atoms with Crippen LogP contribution < -0.4 is 10.6 Å². The van der Waals surface area contributed by atoms with Crippen LogP contribution in [0.1, 0.15) is 46.5 Å². The van der Waals surface area contributed by atoms with Gasteiger partial charge in [-0.2, -0.15) is 0 Å². The highest BCUT2D eigenvalue weighted by Gasteiger charge is 2.17. The van der Waals surface area contributed by atoms with Crippen LogP contribution in [0, 0.1) is 5.92 Å². The van der Waals surface area contributed by atoms with Crippen molar-refractivity contribution in [3.63, 3.8) is 0 Å². The van der Waals surface area contributed by atoms with Crippen molar-refractivity contribution in [2.45, 2.75) is 46.5 Å². The molecule has 5 heteroatoms. The van der Waals surface area contributed by atoms with Crippen LogP contribution >= 0.6 is 0 Å². The number of rotatable bonds is 10. The molecule has 0 saturated carbocycles. The van der Waals surface area contributed by atoms with Crippen molar-refractivity contribution >= 4 is 5.96 Å². The smallest absolute Gasteiger partial charge is 0.190 e. The molecule has 2 N–H and O–H groups in total. The summed E-state index contributed by atoms with van der Waals surface area (Å²) in [5.74, 6) is 1.59. The third kappa shape index (κ3) is 9.16. The molecule has 1 unspecified atom stereocenters. The van der Waals surface area contributed by atoms with Crippen molar-refractivity contribution in [2.75, 3.05) is 59.4 Å². The summed E-state index contributed by atoms with van der Waals surface area (Å²) in [4.78, 5) is 9.45. The predicted octanol–water partition coefficient (Wildman–Crippen LogP) is 2.01. The predicted molar refractivity (Wildman–Crippen MR) is 101 cm³/mol. The number of nitrogens with zero attached hydrogens (tertiary/aromatic N) is 3. The Morgan fingerprint density at radius 2 is 1.70 bits per heavy atom. The van der Waals surface area contributed by atoms with Crippen molar-refractivity contribution in [1.82, 2.24) is 20.4 Å². The maximum atomic E-state index is 4.32. The van der Waals surface area contributed by atoms with Gasteiger partial charge in [-0.25, -0.2) is 0 Å². The number of piperazine rings is 1. The molecule has 0 aromatic rings. The molecule has 0 aromatic heterocycles. The van der Waals surface area contributed by atoms with Crippen LogP contribution in [0.15, 0.2) is 4.99 Å². The molecule has 0 spiro atoms. The maximum absolute atomic E-state index is 4.32. The molecule has 1 aliphatic rings. The van der Waals surface area contributed by atoms with Gasteiger partial charge in [0.1, 0.15) is 0 Å². The fourth-order valence-corrected chi connectivity index (χ4v) is 3.04. The summed E-state index contributed by atoms with van der Waals surface area (Å²) in [7, 11) is 1.86. The summed E-state index contributed by atoms with van der Waals surface area (Å²) >= 11 is 0. The summed E-state index contributed by atoms with van der Waals surface area (Å²) in [6.07, 6.45) is 5.15. The van der Waals surface area contributed by atoms with Crippen LogP contribution in [-0.2, 0) is 0 Å². The number of aliphatic imine (C=N–C) groups is 1. The summed E-state index contributed by atoms with van der Waals surface area (Å²) in [6.45, 7) is 16.1. The zero-order chi connectivity index (χ0) is 16.9. The van der Waals surface area contributed by atoms with E-state index in [0.29, 0.717) is 5.92 Å². The first-order chi connectivity index (χ1) is 11.2. The lowest BCUT2D eigenvalue weighted by Gasteiger charge is -2.35. The highest BCUT2D eigenvalue weighted by molar-refractivity contribution is 5.79. The molecule has 23 heavy (non-hydrogen) atoms. The molecule has 5 nitrogen and oxygen atoms in total. The van der Waals surface area contributed by atoms with Gasteiger partial charge in [0.05, 0.1) is 0 Å². The summed E-state index contributed by atoms with van der Waals surface area (Å²) in [5, 5.41) is 6.89. The van der Waals surface area contributed by atoms with E-state index in [1.54, 1.807) is 0 Å². The fourth-order valence-electron chi connectivity index (χ4n) is 3.04. The van der Waals surface area contributed by atoms with Gasteiger partial charge < -0.3 is 20.4 Å². The van der Waals surface area contributed by atoms with Crippen LogP contribution in [-0.4, -0.2) is 75.2 Å². The Bertz CT molecular complexity index is 311. The van der Waals surface area contributed by atoms with E-state index in [-0.39, 0.29) is 0 Å². The van der Waals surface area contributed by atoms with Gasteiger partial charge in [0, 0.05) is 52.9 Å². The van der Waals surface area contributed by atoms with Gasteiger partial charge >= 0.3 is 0 Å². The Labute approximate surface area is 143 Å². The van der Waals surface area contributed by atoms with Crippen LogP contribution in [0.4, 0.5) is 0 Å². The molecule has 1 atom stereocenters. The van der Waals surface area contributed by atoms with Gasteiger partial charge in [-0.1, -0.05) is 40.0 Å². The van der Waals surface area contributed by atoms with E-state index in [0.717, 1.165) is 19.0 Å². The van der Waals surface area contributed by atoms with Crippen LogP contribution in [0.2, 0.25) is 0 Å². The zero-order valence-electron chi connectivity index (χ0n) is 15.9. The molecule has 1 saturated heterocycles. The number of hydrogen-bond donors (Lipinski definition) is 2. The summed E-state index contributed by atoms with van der Waals surface area (Å²) in [5.41, 5.74) is 0. The quantitative estimate of drug-likeness (QED) is 0.366. The molecule has 0 aromatic carbocycles. The van der Waals surface area contributed by atoms with E-state index < -0.39 is 0 Å². The lowest BCUT2D eigenvalue weighted by molar-refractivity contribution is 0.124. The summed E-state index contributed by atoms with van der Waals surface area (Å²) in [6, 6.07) is 0. The average Bonchev–Trinajstić information content (AvgIpc) is 2.58. The molecule has 0 aliphatic carbocycles. The second kappa shape index (κ2) is 12.6. The van der Waals surface area contributed by atoms with E-state index >= 15 is 0 Å². The number of guanidine groups is 1. The van der Waals surface area contributed by atoms with E-state index in [4.69, 9.17) is 0 Å². The lowest BCUT2D eigenvalue weighted by Crippen LogP contribution is -2.48. The molecule has 0 radical (unpaired) electrons. The van der Waals surface area contributed by atoms with Gasteiger partial charge in [-0.05, 0) is 18.9 Å². The van der Waals surface area contributed by atoms with Crippen molar-refractivity contribution in [3.8, 4) is 0 Å². The number of likely N-dealkylation sites (N-methyl/N-ethyl adjacent to an activating group) is 1. The van der Waals surface area contributed by atoms with Crippen molar-refractivity contribution < 1.29 is 0 Å². The van der Waals surface area contributed by atoms with Crippen molar-refractivity contribution in [3.05, 3.63) is 0 Å². The monoisotopic (exact) mass is 325 g/mol. The van der Waals surface area contributed by atoms with Crippen LogP contribution in [0.25, 0.3) is 0 Å². The molecule has 1 fully saturated rings. The number of unbranched alkanes of at least 4 members (excludes halogenated alkanes) is 3. The fraction of sp³-hybridized carbons (Fsp3) is 0.944. The van der Waals surface area contributed by atoms with Gasteiger partial charge in [-0.15, -0.1) is 0 Å². The number of hydrogen-bond acceptors (Lipinski definition) is 3. The van der Waals surface area contributed by atoms with Crippen molar-refractivity contribution in [2.24, 2.45) is 10.9 Å². The van der Waals surface area contributed by atoms with E-state index in [2.05, 4.69) is 46.2 Å². The number of nitrogens with one attached hydrogen (secondary N) is 2. The first-order valence-corrected chi connectivity index (χ1v) is 9.58. The van der Waals surface area contributed by atoms with Crippen LogP contribution in [0.3, 0.4) is 0 Å². The Hall–Kier alpha value is -0.810. The van der Waals surface area contributed by atoms with Gasteiger partial charge in [-0.3, -0.25) is 4.99 Å². The van der Waals surface area contributed by atoms with Crippen molar-refractivity contribution in [1.29, 1.82) is 0 Å². The normalized spacial score (nSPS) is 18.9. The Morgan fingerprint density at radius 1 is 1.00 bits per heavy atom. The Balaban J connectivity index is 2.12. The highest BCUT2D eigenvalue weighted by atomic mass is 15.3. The molecule has 1 heterocycles. The molecule has 1 rings (SSSR count). The van der Waals surface area contributed by atoms with Crippen LogP contribution in [0.5, 0.6) is 0 Å². The molecule has 0 amide bonds. The topological polar surface area (TPSA) is 42.9 Å². The second-order valence-corrected chi connectivity index (χ2v) is 6.78. The zero-order valence-corrected chi connectivity index (χ0v) is 15.9.